The molecule has 5 nitrogen and oxygen atoms in total. The zero-order valence-corrected chi connectivity index (χ0v) is 30.9. The Hall–Kier alpha value is -3.86. The largest absolute Gasteiger partial charge is 0.512 e. The monoisotopic (exact) mass is 806 g/mol. The van der Waals surface area contributed by atoms with Crippen LogP contribution in [0.1, 0.15) is 79.7 Å². The van der Waals surface area contributed by atoms with E-state index in [-0.39, 0.29) is 48.9 Å². The number of carbonyl (C=O) groups is 1. The number of carbonyl (C=O) groups excluding carboxylic acids is 1. The van der Waals surface area contributed by atoms with Crippen molar-refractivity contribution < 1.29 is 34.4 Å². The molecule has 0 aliphatic carbocycles. The molecule has 47 heavy (non-hydrogen) atoms. The van der Waals surface area contributed by atoms with Gasteiger partial charge in [-0.15, -0.1) is 29.1 Å². The van der Waals surface area contributed by atoms with Gasteiger partial charge in [-0.05, 0) is 54.0 Å². The number of rotatable bonds is 8. The molecule has 0 saturated heterocycles. The Morgan fingerprint density at radius 1 is 0.851 bits per heavy atom. The Kier molecular flexibility index (Phi) is 11.8. The number of aromatic nitrogens is 2. The Labute approximate surface area is 291 Å². The van der Waals surface area contributed by atoms with E-state index in [0.29, 0.717) is 5.71 Å². The van der Waals surface area contributed by atoms with Gasteiger partial charge in [-0.3, -0.25) is 9.78 Å². The van der Waals surface area contributed by atoms with Gasteiger partial charge in [0.15, 0.2) is 5.78 Å². The summed E-state index contributed by atoms with van der Waals surface area (Å²) < 4.78 is 6.14. The molecule has 2 aromatic heterocycles. The summed E-state index contributed by atoms with van der Waals surface area (Å²) in [5, 5.41) is 16.4. The van der Waals surface area contributed by atoms with E-state index >= 15 is 0 Å². The molecule has 6 aromatic rings. The Morgan fingerprint density at radius 2 is 1.47 bits per heavy atom. The van der Waals surface area contributed by atoms with Crippen LogP contribution in [0.15, 0.2) is 89.3 Å². The first-order valence-electron chi connectivity index (χ1n) is 16.6. The van der Waals surface area contributed by atoms with Crippen molar-refractivity contribution in [2.45, 2.75) is 79.6 Å². The van der Waals surface area contributed by atoms with Crippen molar-refractivity contribution in [3.8, 4) is 11.3 Å². The summed E-state index contributed by atoms with van der Waals surface area (Å²) >= 11 is 0. The molecule has 6 rings (SSSR count). The van der Waals surface area contributed by atoms with Gasteiger partial charge in [0.1, 0.15) is 11.9 Å². The third-order valence-electron chi connectivity index (χ3n) is 9.06. The van der Waals surface area contributed by atoms with E-state index in [2.05, 4.69) is 92.5 Å². The quantitative estimate of drug-likeness (QED) is 0.0942. The van der Waals surface area contributed by atoms with Crippen molar-refractivity contribution in [2.24, 2.45) is 11.8 Å². The van der Waals surface area contributed by atoms with E-state index in [0.717, 1.165) is 64.1 Å². The first kappa shape index (κ1) is 36.0. The van der Waals surface area contributed by atoms with Crippen molar-refractivity contribution in [3.63, 3.8) is 0 Å². The van der Waals surface area contributed by atoms with E-state index in [4.69, 9.17) is 9.40 Å². The average molecular weight is 806 g/mol. The molecule has 0 unspecified atom stereocenters. The first-order valence-corrected chi connectivity index (χ1v) is 16.6. The predicted molar refractivity (Wildman–Crippen MR) is 191 cm³/mol. The molecular weight excluding hydrogens is 761 g/mol. The molecule has 4 aromatic carbocycles. The van der Waals surface area contributed by atoms with Gasteiger partial charge in [-0.1, -0.05) is 102 Å². The first-order chi connectivity index (χ1) is 22.1. The topological polar surface area (TPSA) is 76.2 Å². The summed E-state index contributed by atoms with van der Waals surface area (Å²) in [6.07, 6.45) is 6.49. The number of aliphatic hydroxyl groups is 1. The van der Waals surface area contributed by atoms with Crippen molar-refractivity contribution in [1.82, 2.24) is 9.97 Å². The molecule has 0 saturated carbocycles. The maximum Gasteiger partial charge on any atom is 0.223 e. The van der Waals surface area contributed by atoms with Crippen LogP contribution in [0.2, 0.25) is 0 Å². The number of benzene rings is 4. The zero-order valence-electron chi connectivity index (χ0n) is 28.5. The van der Waals surface area contributed by atoms with Gasteiger partial charge in [0.25, 0.3) is 0 Å². The van der Waals surface area contributed by atoms with Crippen molar-refractivity contribution in [1.29, 1.82) is 0 Å². The molecule has 1 N–H and O–H groups in total. The van der Waals surface area contributed by atoms with Gasteiger partial charge in [-0.2, -0.15) is 0 Å². The molecular formula is C41H45IrN2O3-. The van der Waals surface area contributed by atoms with E-state index in [1.54, 1.807) is 6.33 Å². The van der Waals surface area contributed by atoms with Gasteiger partial charge < -0.3 is 9.52 Å². The van der Waals surface area contributed by atoms with Crippen LogP contribution in [0.4, 0.5) is 0 Å². The SMILES string of the molecule is CC(C)(C)c1cc(-c2ncnc3oc4cc5ccccc5cc4c23)[c-]c2ccccc12.CCC(CC)C(=O)/C=C(\O)C(CC)CC.[Ir]. The number of allylic oxidation sites excluding steroid dienone is 2. The van der Waals surface area contributed by atoms with Crippen LogP contribution < -0.4 is 0 Å². The van der Waals surface area contributed by atoms with E-state index in [1.807, 2.05) is 33.8 Å². The molecule has 0 amide bonds. The number of hydrogen-bond donors (Lipinski definition) is 1. The second kappa shape index (κ2) is 15.4. The Bertz CT molecular complexity index is 2030. The van der Waals surface area contributed by atoms with Gasteiger partial charge in [0, 0.05) is 54.5 Å². The predicted octanol–water partition coefficient (Wildman–Crippen LogP) is 11.3. The fourth-order valence-corrected chi connectivity index (χ4v) is 6.25. The molecule has 0 atom stereocenters. The summed E-state index contributed by atoms with van der Waals surface area (Å²) in [5.41, 5.74) is 4.52. The number of hydrogen-bond acceptors (Lipinski definition) is 5. The third-order valence-corrected chi connectivity index (χ3v) is 9.06. The van der Waals surface area contributed by atoms with Crippen molar-refractivity contribution >= 4 is 49.4 Å². The molecule has 0 aliphatic heterocycles. The van der Waals surface area contributed by atoms with Crippen LogP contribution in [0.3, 0.4) is 0 Å². The van der Waals surface area contributed by atoms with E-state index < -0.39 is 0 Å². The van der Waals surface area contributed by atoms with Crippen LogP contribution in [-0.2, 0) is 30.3 Å². The smallest absolute Gasteiger partial charge is 0.223 e. The number of nitrogens with zero attached hydrogens (tertiary/aromatic N) is 2. The summed E-state index contributed by atoms with van der Waals surface area (Å²) in [7, 11) is 0. The molecule has 1 radical (unpaired) electrons. The summed E-state index contributed by atoms with van der Waals surface area (Å²) in [6, 6.07) is 26.8. The van der Waals surface area contributed by atoms with Gasteiger partial charge in [0.05, 0.1) is 5.76 Å². The summed E-state index contributed by atoms with van der Waals surface area (Å²) in [6.45, 7) is 14.8. The fourth-order valence-electron chi connectivity index (χ4n) is 6.25. The van der Waals surface area contributed by atoms with Gasteiger partial charge >= 0.3 is 0 Å². The van der Waals surface area contributed by atoms with E-state index in [9.17, 15) is 9.90 Å². The van der Waals surface area contributed by atoms with Crippen LogP contribution in [0.5, 0.6) is 0 Å². The van der Waals surface area contributed by atoms with Gasteiger partial charge in [0.2, 0.25) is 5.71 Å². The average Bonchev–Trinajstić information content (AvgIpc) is 3.41. The Balaban J connectivity index is 0.000000269. The second-order valence-electron chi connectivity index (χ2n) is 13.1. The minimum atomic E-state index is -0.00966. The summed E-state index contributed by atoms with van der Waals surface area (Å²) in [4.78, 5) is 20.9. The molecule has 0 aliphatic rings. The third kappa shape index (κ3) is 7.66. The van der Waals surface area contributed by atoms with Crippen LogP contribution in [0.25, 0.3) is 54.9 Å². The maximum atomic E-state index is 11.7. The second-order valence-corrected chi connectivity index (χ2v) is 13.1. The minimum absolute atomic E-state index is 0. The molecule has 0 spiro atoms. The zero-order chi connectivity index (χ0) is 33.0. The van der Waals surface area contributed by atoms with E-state index in [1.165, 1.54) is 22.4 Å². The maximum absolute atomic E-state index is 11.7. The fraction of sp³-hybridized carbons (Fsp3) is 0.341. The molecule has 6 heteroatoms. The molecule has 0 bridgehead atoms. The Morgan fingerprint density at radius 3 is 2.11 bits per heavy atom. The summed E-state index contributed by atoms with van der Waals surface area (Å²) in [5.74, 6) is 0.547. The van der Waals surface area contributed by atoms with Crippen molar-refractivity contribution in [3.05, 3.63) is 96.5 Å². The standard InChI is InChI=1S/C28H21N2O.C13H24O2.Ir/c1-28(2,3)23-14-20(12-19-10-6-7-11-21(19)23)26-25-22-13-17-8-4-5-9-18(17)15-24(22)31-27(25)30-16-29-26;1-5-10(6-2)12(14)9-13(15)11(7-3)8-4;/h4-11,13-16H,1-3H3;9-11,14H,5-8H2,1-4H3;/q-1;;/b;12-9-;. The molecule has 2 heterocycles. The van der Waals surface area contributed by atoms with Crippen LogP contribution in [-0.4, -0.2) is 20.9 Å². The molecule has 0 fully saturated rings. The number of fused-ring (bicyclic) bond motifs is 5. The van der Waals surface area contributed by atoms with Crippen molar-refractivity contribution in [2.75, 3.05) is 0 Å². The number of furan rings is 1. The molecule has 247 valence electrons. The normalized spacial score (nSPS) is 12.1. The van der Waals surface area contributed by atoms with Crippen LogP contribution in [0, 0.1) is 17.9 Å². The minimum Gasteiger partial charge on any atom is -0.512 e. The number of aliphatic hydroxyl groups excluding tert-OH is 1. The van der Waals surface area contributed by atoms with Gasteiger partial charge in [-0.25, -0.2) is 4.98 Å². The number of ketones is 1. The van der Waals surface area contributed by atoms with Crippen LogP contribution >= 0.6 is 0 Å².